The van der Waals surface area contributed by atoms with E-state index in [2.05, 4.69) is 14.7 Å². The Kier molecular flexibility index (Phi) is 6.70. The number of methoxy groups -OCH3 is 1. The van der Waals surface area contributed by atoms with E-state index in [9.17, 15) is 37.3 Å². The Labute approximate surface area is 190 Å². The number of halogens is 4. The van der Waals surface area contributed by atoms with Gasteiger partial charge in [-0.15, -0.1) is 0 Å². The minimum Gasteiger partial charge on any atom is -0.465 e. The van der Waals surface area contributed by atoms with Crippen LogP contribution in [0, 0.1) is 21.8 Å². The number of carbonyl (C=O) groups is 2. The van der Waals surface area contributed by atoms with Crippen LogP contribution in [0.1, 0.15) is 29.9 Å². The second-order valence-electron chi connectivity index (χ2n) is 7.68. The van der Waals surface area contributed by atoms with Gasteiger partial charge < -0.3 is 14.5 Å². The van der Waals surface area contributed by atoms with Gasteiger partial charge >= 0.3 is 12.1 Å². The SMILES string of the molecule is COC(=O)c1cc([N+](=O)[O-])c(N2CCN(c3nccc(C(F)(F)F)n3)[C@H](C(C)C)C2=O)cc1F. The molecule has 0 spiro atoms. The highest BCUT2D eigenvalue weighted by Gasteiger charge is 2.42. The molecule has 1 aliphatic heterocycles. The van der Waals surface area contributed by atoms with Crippen molar-refractivity contribution in [2.24, 2.45) is 5.92 Å². The highest BCUT2D eigenvalue weighted by molar-refractivity contribution is 6.03. The molecule has 2 aromatic rings. The number of piperazine rings is 1. The fraction of sp³-hybridized carbons (Fsp3) is 0.400. The smallest absolute Gasteiger partial charge is 0.433 e. The van der Waals surface area contributed by atoms with E-state index in [1.54, 1.807) is 13.8 Å². The van der Waals surface area contributed by atoms with Crippen LogP contribution >= 0.6 is 0 Å². The maximum atomic E-state index is 14.6. The molecule has 1 aliphatic rings. The summed E-state index contributed by atoms with van der Waals surface area (Å²) in [6, 6.07) is 0.966. The van der Waals surface area contributed by atoms with E-state index >= 15 is 0 Å². The molecule has 0 aliphatic carbocycles. The highest BCUT2D eigenvalue weighted by Crippen LogP contribution is 2.35. The van der Waals surface area contributed by atoms with Crippen LogP contribution in [0.4, 0.5) is 34.9 Å². The number of hydrogen-bond donors (Lipinski definition) is 0. The summed E-state index contributed by atoms with van der Waals surface area (Å²) in [7, 11) is 0.980. The molecule has 1 amide bonds. The molecule has 1 aromatic carbocycles. The van der Waals surface area contributed by atoms with Crippen molar-refractivity contribution in [2.45, 2.75) is 26.1 Å². The minimum absolute atomic E-state index is 0.0899. The summed E-state index contributed by atoms with van der Waals surface area (Å²) in [5.74, 6) is -3.81. The molecule has 1 atom stereocenters. The molecule has 0 saturated carbocycles. The maximum Gasteiger partial charge on any atom is 0.433 e. The van der Waals surface area contributed by atoms with Crippen molar-refractivity contribution in [3.05, 3.63) is 51.6 Å². The Balaban J connectivity index is 2.04. The molecule has 1 fully saturated rings. The summed E-state index contributed by atoms with van der Waals surface area (Å²) >= 11 is 0. The quantitative estimate of drug-likeness (QED) is 0.274. The lowest BCUT2D eigenvalue weighted by Gasteiger charge is -2.42. The van der Waals surface area contributed by atoms with Gasteiger partial charge in [-0.05, 0) is 12.0 Å². The first-order valence-corrected chi connectivity index (χ1v) is 9.91. The molecule has 14 heteroatoms. The molecule has 2 heterocycles. The van der Waals surface area contributed by atoms with Gasteiger partial charge in [-0.2, -0.15) is 13.2 Å². The predicted molar refractivity (Wildman–Crippen MR) is 110 cm³/mol. The summed E-state index contributed by atoms with van der Waals surface area (Å²) < 4.78 is 58.3. The van der Waals surface area contributed by atoms with Gasteiger partial charge in [0.1, 0.15) is 28.8 Å². The van der Waals surface area contributed by atoms with Crippen molar-refractivity contribution < 1.29 is 36.8 Å². The largest absolute Gasteiger partial charge is 0.465 e. The number of nitro benzene ring substituents is 1. The van der Waals surface area contributed by atoms with Crippen LogP contribution < -0.4 is 9.80 Å². The zero-order valence-corrected chi connectivity index (χ0v) is 18.2. The second kappa shape index (κ2) is 9.19. The van der Waals surface area contributed by atoms with Gasteiger partial charge in [0.15, 0.2) is 0 Å². The van der Waals surface area contributed by atoms with Gasteiger partial charge in [0.05, 0.1) is 12.0 Å². The number of alkyl halides is 3. The van der Waals surface area contributed by atoms with Crippen LogP contribution in [-0.2, 0) is 15.7 Å². The van der Waals surface area contributed by atoms with Crippen LogP contribution in [-0.4, -0.2) is 53.0 Å². The zero-order valence-electron chi connectivity index (χ0n) is 18.2. The third kappa shape index (κ3) is 4.61. The summed E-state index contributed by atoms with van der Waals surface area (Å²) in [5, 5.41) is 11.6. The first-order chi connectivity index (χ1) is 15.9. The lowest BCUT2D eigenvalue weighted by atomic mass is 9.98. The topological polar surface area (TPSA) is 119 Å². The fourth-order valence-electron chi connectivity index (χ4n) is 3.68. The highest BCUT2D eigenvalue weighted by atomic mass is 19.4. The Morgan fingerprint density at radius 2 is 1.97 bits per heavy atom. The number of carbonyl (C=O) groups excluding carboxylic acids is 2. The number of rotatable bonds is 5. The predicted octanol–water partition coefficient (Wildman–Crippen LogP) is 3.21. The Morgan fingerprint density at radius 1 is 1.29 bits per heavy atom. The van der Waals surface area contributed by atoms with Gasteiger partial charge in [0.25, 0.3) is 5.69 Å². The van der Waals surface area contributed by atoms with Crippen molar-refractivity contribution in [1.29, 1.82) is 0 Å². The Hall–Kier alpha value is -3.84. The minimum atomic E-state index is -4.73. The van der Waals surface area contributed by atoms with Gasteiger partial charge in [0.2, 0.25) is 11.9 Å². The number of aromatic nitrogens is 2. The molecular weight excluding hydrogens is 466 g/mol. The van der Waals surface area contributed by atoms with Crippen molar-refractivity contribution >= 4 is 29.2 Å². The van der Waals surface area contributed by atoms with Crippen LogP contribution in [0.5, 0.6) is 0 Å². The van der Waals surface area contributed by atoms with E-state index in [4.69, 9.17) is 0 Å². The summed E-state index contributed by atoms with van der Waals surface area (Å²) in [6.45, 7) is 2.93. The van der Waals surface area contributed by atoms with E-state index in [1.807, 2.05) is 0 Å². The van der Waals surface area contributed by atoms with Crippen molar-refractivity contribution in [1.82, 2.24) is 9.97 Å². The van der Waals surface area contributed by atoms with E-state index in [0.717, 1.165) is 18.2 Å². The molecule has 1 saturated heterocycles. The van der Waals surface area contributed by atoms with Crippen molar-refractivity contribution in [3.8, 4) is 0 Å². The van der Waals surface area contributed by atoms with Crippen LogP contribution in [0.3, 0.4) is 0 Å². The maximum absolute atomic E-state index is 14.6. The monoisotopic (exact) mass is 485 g/mol. The second-order valence-corrected chi connectivity index (χ2v) is 7.68. The van der Waals surface area contributed by atoms with Gasteiger partial charge in [-0.25, -0.2) is 19.2 Å². The molecule has 34 heavy (non-hydrogen) atoms. The molecule has 0 radical (unpaired) electrons. The van der Waals surface area contributed by atoms with Gasteiger partial charge in [-0.3, -0.25) is 14.9 Å². The number of amides is 1. The number of benzene rings is 1. The van der Waals surface area contributed by atoms with E-state index in [0.29, 0.717) is 18.2 Å². The number of anilines is 2. The number of hydrogen-bond acceptors (Lipinski definition) is 8. The lowest BCUT2D eigenvalue weighted by molar-refractivity contribution is -0.384. The van der Waals surface area contributed by atoms with Crippen LogP contribution in [0.25, 0.3) is 0 Å². The first kappa shape index (κ1) is 24.8. The molecular formula is C20H19F4N5O5. The summed E-state index contributed by atoms with van der Waals surface area (Å²) in [5.41, 5.74) is -2.97. The third-order valence-electron chi connectivity index (χ3n) is 5.20. The molecule has 0 unspecified atom stereocenters. The number of esters is 1. The first-order valence-electron chi connectivity index (χ1n) is 9.91. The number of ether oxygens (including phenoxy) is 1. The Bertz CT molecular complexity index is 1140. The normalized spacial score (nSPS) is 16.7. The van der Waals surface area contributed by atoms with Crippen molar-refractivity contribution in [2.75, 3.05) is 30.0 Å². The van der Waals surface area contributed by atoms with Crippen LogP contribution in [0.2, 0.25) is 0 Å². The number of nitro groups is 1. The van der Waals surface area contributed by atoms with Gasteiger partial charge in [0, 0.05) is 31.4 Å². The van der Waals surface area contributed by atoms with Gasteiger partial charge in [-0.1, -0.05) is 13.8 Å². The molecule has 3 rings (SSSR count). The fourth-order valence-corrected chi connectivity index (χ4v) is 3.68. The molecule has 0 N–H and O–H groups in total. The standard InChI is InChI=1S/C20H19F4N5O5/c1-10(2)16-17(30)27(6-7-28(16)19-25-5-4-15(26-19)20(22,23)24)13-9-12(21)11(18(31)34-3)8-14(13)29(32)33/h4-5,8-10,16H,6-7H2,1-3H3/t16-/m1/s1. The average Bonchev–Trinajstić information content (AvgIpc) is 2.77. The Morgan fingerprint density at radius 3 is 2.53 bits per heavy atom. The van der Waals surface area contributed by atoms with Crippen molar-refractivity contribution in [3.63, 3.8) is 0 Å². The lowest BCUT2D eigenvalue weighted by Crippen LogP contribution is -2.60. The molecule has 10 nitrogen and oxygen atoms in total. The molecule has 182 valence electrons. The summed E-state index contributed by atoms with van der Waals surface area (Å²) in [4.78, 5) is 45.5. The zero-order chi connectivity index (χ0) is 25.4. The van der Waals surface area contributed by atoms with E-state index < -0.39 is 63.4 Å². The summed E-state index contributed by atoms with van der Waals surface area (Å²) in [6.07, 6.45) is -3.80. The number of nitrogens with zero attached hydrogens (tertiary/aromatic N) is 5. The average molecular weight is 485 g/mol. The molecule has 0 bridgehead atoms. The van der Waals surface area contributed by atoms with Crippen LogP contribution in [0.15, 0.2) is 24.4 Å². The third-order valence-corrected chi connectivity index (χ3v) is 5.20. The molecule has 1 aromatic heterocycles. The van der Waals surface area contributed by atoms with E-state index in [1.165, 1.54) is 4.90 Å². The van der Waals surface area contributed by atoms with E-state index in [-0.39, 0.29) is 19.0 Å².